The highest BCUT2D eigenvalue weighted by Crippen LogP contribution is 2.29. The molecule has 0 saturated carbocycles. The fraction of sp³-hybridized carbons (Fsp3) is 0.385. The number of hydrogen-bond acceptors (Lipinski definition) is 5. The Morgan fingerprint density at radius 3 is 2.56 bits per heavy atom. The highest BCUT2D eigenvalue weighted by Gasteiger charge is 2.13. The molecule has 0 N–H and O–H groups in total. The molecule has 5 nitrogen and oxygen atoms in total. The number of rotatable bonds is 5. The standard InChI is InChI=1S/C13H16N2O3/c1-4-15(5-2)12-8-10(13(17)18-3)6-7-11(12)14-9-16/h6-8H,4-5H2,1-3H3. The van der Waals surface area contributed by atoms with Gasteiger partial charge in [0.25, 0.3) is 0 Å². The summed E-state index contributed by atoms with van der Waals surface area (Å²) in [5.41, 5.74) is 1.66. The Balaban J connectivity index is 3.31. The molecule has 0 amide bonds. The summed E-state index contributed by atoms with van der Waals surface area (Å²) in [5, 5.41) is 0. The number of carbonyl (C=O) groups excluding carboxylic acids is 2. The summed E-state index contributed by atoms with van der Waals surface area (Å²) >= 11 is 0. The molecule has 0 heterocycles. The molecular weight excluding hydrogens is 232 g/mol. The van der Waals surface area contributed by atoms with E-state index in [0.29, 0.717) is 11.3 Å². The van der Waals surface area contributed by atoms with E-state index in [-0.39, 0.29) is 0 Å². The second-order valence-corrected chi connectivity index (χ2v) is 3.57. The number of carbonyl (C=O) groups is 1. The van der Waals surface area contributed by atoms with E-state index < -0.39 is 5.97 Å². The van der Waals surface area contributed by atoms with E-state index in [9.17, 15) is 9.59 Å². The van der Waals surface area contributed by atoms with Gasteiger partial charge in [0.1, 0.15) is 0 Å². The second kappa shape index (κ2) is 6.57. The van der Waals surface area contributed by atoms with Gasteiger partial charge in [-0.2, -0.15) is 4.99 Å². The molecule has 0 unspecified atom stereocenters. The van der Waals surface area contributed by atoms with Crippen molar-refractivity contribution >= 4 is 23.4 Å². The Labute approximate surface area is 106 Å². The zero-order valence-electron chi connectivity index (χ0n) is 10.8. The lowest BCUT2D eigenvalue weighted by atomic mass is 10.1. The Hall–Kier alpha value is -2.13. The minimum Gasteiger partial charge on any atom is -0.465 e. The summed E-state index contributed by atoms with van der Waals surface area (Å²) in [6.45, 7) is 5.48. The maximum atomic E-state index is 11.5. The molecule has 0 bridgehead atoms. The van der Waals surface area contributed by atoms with Crippen LogP contribution in [-0.4, -0.2) is 32.2 Å². The topological polar surface area (TPSA) is 59.0 Å². The van der Waals surface area contributed by atoms with Crippen LogP contribution in [-0.2, 0) is 9.53 Å². The number of anilines is 1. The summed E-state index contributed by atoms with van der Waals surface area (Å²) in [4.78, 5) is 27.5. The van der Waals surface area contributed by atoms with Gasteiger partial charge in [-0.1, -0.05) is 0 Å². The highest BCUT2D eigenvalue weighted by molar-refractivity contribution is 5.92. The monoisotopic (exact) mass is 248 g/mol. The smallest absolute Gasteiger partial charge is 0.337 e. The number of hydrogen-bond donors (Lipinski definition) is 0. The minimum atomic E-state index is -0.412. The molecule has 0 spiro atoms. The number of isocyanates is 1. The number of aliphatic imine (C=N–C) groups is 1. The summed E-state index contributed by atoms with van der Waals surface area (Å²) < 4.78 is 4.67. The van der Waals surface area contributed by atoms with E-state index in [0.717, 1.165) is 18.8 Å². The molecule has 1 aromatic rings. The van der Waals surface area contributed by atoms with Crippen molar-refractivity contribution in [3.05, 3.63) is 23.8 Å². The van der Waals surface area contributed by atoms with Crippen LogP contribution in [0.2, 0.25) is 0 Å². The average Bonchev–Trinajstić information content (AvgIpc) is 2.41. The van der Waals surface area contributed by atoms with Gasteiger partial charge >= 0.3 is 5.97 Å². The Kier molecular flexibility index (Phi) is 5.08. The summed E-state index contributed by atoms with van der Waals surface area (Å²) in [7, 11) is 1.33. The van der Waals surface area contributed by atoms with Crippen LogP contribution in [0.1, 0.15) is 24.2 Å². The van der Waals surface area contributed by atoms with Crippen LogP contribution >= 0.6 is 0 Å². The van der Waals surface area contributed by atoms with E-state index in [1.807, 2.05) is 18.7 Å². The number of esters is 1. The van der Waals surface area contributed by atoms with Gasteiger partial charge in [-0.15, -0.1) is 0 Å². The fourth-order valence-corrected chi connectivity index (χ4v) is 1.73. The second-order valence-electron chi connectivity index (χ2n) is 3.57. The molecule has 18 heavy (non-hydrogen) atoms. The van der Waals surface area contributed by atoms with Crippen molar-refractivity contribution in [1.29, 1.82) is 0 Å². The third kappa shape index (κ3) is 2.96. The van der Waals surface area contributed by atoms with Crippen molar-refractivity contribution in [2.75, 3.05) is 25.1 Å². The van der Waals surface area contributed by atoms with Crippen molar-refractivity contribution in [3.63, 3.8) is 0 Å². The predicted molar refractivity (Wildman–Crippen MR) is 69.1 cm³/mol. The molecule has 1 rings (SSSR count). The number of benzene rings is 1. The van der Waals surface area contributed by atoms with Crippen LogP contribution in [0.4, 0.5) is 11.4 Å². The molecule has 96 valence electrons. The first kappa shape index (κ1) is 13.9. The van der Waals surface area contributed by atoms with Crippen LogP contribution in [0.5, 0.6) is 0 Å². The van der Waals surface area contributed by atoms with Crippen molar-refractivity contribution in [2.24, 2.45) is 4.99 Å². The SMILES string of the molecule is CCN(CC)c1cc(C(=O)OC)ccc1N=C=O. The number of ether oxygens (including phenoxy) is 1. The quantitative estimate of drug-likeness (QED) is 0.455. The lowest BCUT2D eigenvalue weighted by Gasteiger charge is -2.22. The van der Waals surface area contributed by atoms with Crippen molar-refractivity contribution in [1.82, 2.24) is 0 Å². The third-order valence-corrected chi connectivity index (χ3v) is 2.67. The number of methoxy groups -OCH3 is 1. The van der Waals surface area contributed by atoms with E-state index in [4.69, 9.17) is 0 Å². The van der Waals surface area contributed by atoms with Crippen molar-refractivity contribution < 1.29 is 14.3 Å². The maximum absolute atomic E-state index is 11.5. The molecule has 0 radical (unpaired) electrons. The molecular formula is C13H16N2O3. The Morgan fingerprint density at radius 1 is 1.39 bits per heavy atom. The first-order valence-electron chi connectivity index (χ1n) is 5.73. The van der Waals surface area contributed by atoms with Crippen molar-refractivity contribution in [2.45, 2.75) is 13.8 Å². The summed E-state index contributed by atoms with van der Waals surface area (Å²) in [6, 6.07) is 4.87. The van der Waals surface area contributed by atoms with Gasteiger partial charge < -0.3 is 9.64 Å². The zero-order chi connectivity index (χ0) is 13.5. The van der Waals surface area contributed by atoms with Crippen LogP contribution in [0.15, 0.2) is 23.2 Å². The van der Waals surface area contributed by atoms with Gasteiger partial charge in [0.15, 0.2) is 0 Å². The normalized spacial score (nSPS) is 9.50. The third-order valence-electron chi connectivity index (χ3n) is 2.67. The Bertz CT molecular complexity index is 475. The first-order chi connectivity index (χ1) is 8.67. The van der Waals surface area contributed by atoms with Gasteiger partial charge in [0.2, 0.25) is 6.08 Å². The van der Waals surface area contributed by atoms with Gasteiger partial charge in [-0.25, -0.2) is 9.59 Å². The maximum Gasteiger partial charge on any atom is 0.337 e. The lowest BCUT2D eigenvalue weighted by Crippen LogP contribution is -2.22. The number of nitrogens with zero attached hydrogens (tertiary/aromatic N) is 2. The summed E-state index contributed by atoms with van der Waals surface area (Å²) in [6.07, 6.45) is 1.52. The van der Waals surface area contributed by atoms with E-state index in [1.54, 1.807) is 18.2 Å². The molecule has 0 atom stereocenters. The highest BCUT2D eigenvalue weighted by atomic mass is 16.5. The van der Waals surface area contributed by atoms with Crippen LogP contribution in [0.3, 0.4) is 0 Å². The average molecular weight is 248 g/mol. The van der Waals surface area contributed by atoms with E-state index in [2.05, 4.69) is 9.73 Å². The van der Waals surface area contributed by atoms with E-state index in [1.165, 1.54) is 13.2 Å². The van der Waals surface area contributed by atoms with Gasteiger partial charge in [0, 0.05) is 13.1 Å². The van der Waals surface area contributed by atoms with Crippen LogP contribution < -0.4 is 4.90 Å². The molecule has 0 aliphatic carbocycles. The first-order valence-corrected chi connectivity index (χ1v) is 5.73. The molecule has 0 aliphatic rings. The lowest BCUT2D eigenvalue weighted by molar-refractivity contribution is 0.0601. The van der Waals surface area contributed by atoms with Crippen LogP contribution in [0, 0.1) is 0 Å². The minimum absolute atomic E-state index is 0.412. The van der Waals surface area contributed by atoms with Gasteiger partial charge in [0.05, 0.1) is 24.0 Å². The molecule has 1 aromatic carbocycles. The predicted octanol–water partition coefficient (Wildman–Crippen LogP) is 2.29. The molecule has 0 fully saturated rings. The largest absolute Gasteiger partial charge is 0.465 e. The molecule has 0 aliphatic heterocycles. The zero-order valence-corrected chi connectivity index (χ0v) is 10.8. The molecule has 5 heteroatoms. The molecule has 0 aromatic heterocycles. The fourth-order valence-electron chi connectivity index (χ4n) is 1.73. The Morgan fingerprint density at radius 2 is 2.06 bits per heavy atom. The van der Waals surface area contributed by atoms with Crippen molar-refractivity contribution in [3.8, 4) is 0 Å². The van der Waals surface area contributed by atoms with Gasteiger partial charge in [-0.05, 0) is 32.0 Å². The van der Waals surface area contributed by atoms with Gasteiger partial charge in [-0.3, -0.25) is 0 Å². The van der Waals surface area contributed by atoms with E-state index >= 15 is 0 Å². The molecule has 0 saturated heterocycles. The van der Waals surface area contributed by atoms with Crippen LogP contribution in [0.25, 0.3) is 0 Å². The summed E-state index contributed by atoms with van der Waals surface area (Å²) in [5.74, 6) is -0.412.